The van der Waals surface area contributed by atoms with Crippen molar-refractivity contribution < 1.29 is 4.39 Å². The van der Waals surface area contributed by atoms with Crippen molar-refractivity contribution in [3.63, 3.8) is 0 Å². The summed E-state index contributed by atoms with van der Waals surface area (Å²) in [5.41, 5.74) is 3.07. The lowest BCUT2D eigenvalue weighted by molar-refractivity contribution is 0.582. The fraction of sp³-hybridized carbons (Fsp3) is 0.250. The van der Waals surface area contributed by atoms with Crippen LogP contribution in [0.1, 0.15) is 25.0 Å². The van der Waals surface area contributed by atoms with Crippen molar-refractivity contribution in [3.8, 4) is 17.2 Å². The molecule has 0 aliphatic carbocycles. The molecule has 0 aliphatic rings. The van der Waals surface area contributed by atoms with Gasteiger partial charge in [0.1, 0.15) is 11.9 Å². The molecule has 1 heterocycles. The molecule has 102 valence electrons. The molecule has 0 unspecified atom stereocenters. The first-order chi connectivity index (χ1) is 9.60. The third-order valence-corrected chi connectivity index (χ3v) is 2.95. The van der Waals surface area contributed by atoms with E-state index in [0.717, 1.165) is 16.7 Å². The molecule has 0 atom stereocenters. The van der Waals surface area contributed by atoms with E-state index in [1.54, 1.807) is 18.3 Å². The molecule has 0 spiro atoms. The van der Waals surface area contributed by atoms with Crippen LogP contribution in [0.4, 0.5) is 4.39 Å². The van der Waals surface area contributed by atoms with Gasteiger partial charge in [-0.3, -0.25) is 4.98 Å². The third-order valence-electron chi connectivity index (χ3n) is 2.95. The minimum atomic E-state index is -0.265. The number of pyridine rings is 1. The molecular formula is C16H16FN3. The molecule has 3 nitrogen and oxygen atoms in total. The molecule has 4 heteroatoms. The number of rotatable bonds is 4. The lowest BCUT2D eigenvalue weighted by Crippen LogP contribution is -2.22. The summed E-state index contributed by atoms with van der Waals surface area (Å²) < 4.78 is 13.4. The highest BCUT2D eigenvalue weighted by Gasteiger charge is 2.08. The Balaban J connectivity index is 2.42. The van der Waals surface area contributed by atoms with Gasteiger partial charge in [0.05, 0.1) is 5.56 Å². The Morgan fingerprint density at radius 1 is 1.30 bits per heavy atom. The molecule has 0 saturated heterocycles. The first kappa shape index (κ1) is 14.2. The average Bonchev–Trinajstić information content (AvgIpc) is 2.45. The second kappa shape index (κ2) is 6.27. The minimum absolute atomic E-state index is 0.265. The van der Waals surface area contributed by atoms with Crippen molar-refractivity contribution in [2.75, 3.05) is 0 Å². The zero-order valence-corrected chi connectivity index (χ0v) is 11.5. The van der Waals surface area contributed by atoms with Crippen molar-refractivity contribution in [3.05, 3.63) is 53.6 Å². The minimum Gasteiger partial charge on any atom is -0.310 e. The maximum Gasteiger partial charge on any atom is 0.123 e. The van der Waals surface area contributed by atoms with Crippen molar-refractivity contribution in [1.29, 1.82) is 5.26 Å². The molecule has 1 N–H and O–H groups in total. The molecular weight excluding hydrogens is 253 g/mol. The largest absolute Gasteiger partial charge is 0.310 e. The topological polar surface area (TPSA) is 48.7 Å². The lowest BCUT2D eigenvalue weighted by atomic mass is 9.99. The molecule has 1 aromatic carbocycles. The van der Waals surface area contributed by atoms with Crippen LogP contribution in [0.25, 0.3) is 11.1 Å². The molecule has 20 heavy (non-hydrogen) atoms. The zero-order valence-electron chi connectivity index (χ0n) is 11.5. The van der Waals surface area contributed by atoms with Gasteiger partial charge < -0.3 is 5.32 Å². The van der Waals surface area contributed by atoms with Crippen LogP contribution in [-0.4, -0.2) is 11.0 Å². The SMILES string of the molecule is CC(C)NCc1cc(F)ccc1-c1cncc(C#N)c1. The Bertz CT molecular complexity index is 644. The average molecular weight is 269 g/mol. The van der Waals surface area contributed by atoms with Gasteiger partial charge in [-0.2, -0.15) is 5.26 Å². The van der Waals surface area contributed by atoms with Crippen LogP contribution in [0.15, 0.2) is 36.7 Å². The number of nitriles is 1. The van der Waals surface area contributed by atoms with Gasteiger partial charge in [-0.1, -0.05) is 19.9 Å². The van der Waals surface area contributed by atoms with Crippen molar-refractivity contribution in [2.24, 2.45) is 0 Å². The van der Waals surface area contributed by atoms with E-state index in [-0.39, 0.29) is 5.82 Å². The van der Waals surface area contributed by atoms with E-state index in [1.165, 1.54) is 18.3 Å². The van der Waals surface area contributed by atoms with E-state index in [1.807, 2.05) is 13.8 Å². The van der Waals surface area contributed by atoms with Crippen molar-refractivity contribution >= 4 is 0 Å². The molecule has 1 aromatic heterocycles. The third kappa shape index (κ3) is 3.40. The van der Waals surface area contributed by atoms with Gasteiger partial charge in [-0.25, -0.2) is 4.39 Å². The van der Waals surface area contributed by atoms with Crippen LogP contribution in [-0.2, 0) is 6.54 Å². The van der Waals surface area contributed by atoms with E-state index in [9.17, 15) is 4.39 Å². The van der Waals surface area contributed by atoms with Gasteiger partial charge in [0.2, 0.25) is 0 Å². The van der Waals surface area contributed by atoms with Gasteiger partial charge in [-0.05, 0) is 29.3 Å². The number of hydrogen-bond donors (Lipinski definition) is 1. The van der Waals surface area contributed by atoms with Crippen LogP contribution in [0.5, 0.6) is 0 Å². The standard InChI is InChI=1S/C16H16FN3/c1-11(2)20-10-14-6-15(17)3-4-16(14)13-5-12(7-18)8-19-9-13/h3-6,8-9,11,20H,10H2,1-2H3. The quantitative estimate of drug-likeness (QED) is 0.926. The molecule has 2 rings (SSSR count). The van der Waals surface area contributed by atoms with Gasteiger partial charge in [0, 0.05) is 30.5 Å². The Kier molecular flexibility index (Phi) is 4.44. The van der Waals surface area contributed by atoms with Crippen LogP contribution >= 0.6 is 0 Å². The fourth-order valence-electron chi connectivity index (χ4n) is 1.95. The van der Waals surface area contributed by atoms with Gasteiger partial charge in [0.15, 0.2) is 0 Å². The Labute approximate surface area is 118 Å². The lowest BCUT2D eigenvalue weighted by Gasteiger charge is -2.13. The number of halogens is 1. The van der Waals surface area contributed by atoms with E-state index in [0.29, 0.717) is 18.2 Å². The second-order valence-electron chi connectivity index (χ2n) is 4.91. The van der Waals surface area contributed by atoms with Gasteiger partial charge >= 0.3 is 0 Å². The summed E-state index contributed by atoms with van der Waals surface area (Å²) in [5, 5.41) is 12.2. The zero-order chi connectivity index (χ0) is 14.5. The highest BCUT2D eigenvalue weighted by atomic mass is 19.1. The maximum absolute atomic E-state index is 13.4. The van der Waals surface area contributed by atoms with Crippen LogP contribution in [0.3, 0.4) is 0 Å². The van der Waals surface area contributed by atoms with Crippen LogP contribution in [0.2, 0.25) is 0 Å². The summed E-state index contributed by atoms with van der Waals surface area (Å²) in [7, 11) is 0. The number of benzene rings is 1. The van der Waals surface area contributed by atoms with Crippen LogP contribution in [0, 0.1) is 17.1 Å². The summed E-state index contributed by atoms with van der Waals surface area (Å²) in [6.45, 7) is 4.65. The predicted molar refractivity (Wildman–Crippen MR) is 76.3 cm³/mol. The molecule has 0 aliphatic heterocycles. The fourth-order valence-corrected chi connectivity index (χ4v) is 1.95. The number of nitrogens with one attached hydrogen (secondary N) is 1. The van der Waals surface area contributed by atoms with Gasteiger partial charge in [-0.15, -0.1) is 0 Å². The highest BCUT2D eigenvalue weighted by molar-refractivity contribution is 5.67. The molecule has 2 aromatic rings. The summed E-state index contributed by atoms with van der Waals surface area (Å²) in [4.78, 5) is 4.05. The molecule has 0 radical (unpaired) electrons. The molecule has 0 fully saturated rings. The first-order valence-electron chi connectivity index (χ1n) is 6.47. The summed E-state index contributed by atoms with van der Waals surface area (Å²) in [5.74, 6) is -0.265. The Hall–Kier alpha value is -2.25. The monoisotopic (exact) mass is 269 g/mol. The highest BCUT2D eigenvalue weighted by Crippen LogP contribution is 2.24. The number of hydrogen-bond acceptors (Lipinski definition) is 3. The van der Waals surface area contributed by atoms with Crippen molar-refractivity contribution in [2.45, 2.75) is 26.4 Å². The van der Waals surface area contributed by atoms with E-state index < -0.39 is 0 Å². The van der Waals surface area contributed by atoms with E-state index >= 15 is 0 Å². The summed E-state index contributed by atoms with van der Waals surface area (Å²) in [6.07, 6.45) is 3.20. The summed E-state index contributed by atoms with van der Waals surface area (Å²) >= 11 is 0. The predicted octanol–water partition coefficient (Wildman–Crippen LogP) is 3.26. The molecule has 0 bridgehead atoms. The normalized spacial score (nSPS) is 10.6. The Morgan fingerprint density at radius 2 is 2.10 bits per heavy atom. The number of nitrogens with zero attached hydrogens (tertiary/aromatic N) is 2. The molecule has 0 amide bonds. The van der Waals surface area contributed by atoms with Gasteiger partial charge in [0.25, 0.3) is 0 Å². The van der Waals surface area contributed by atoms with E-state index in [2.05, 4.69) is 16.4 Å². The van der Waals surface area contributed by atoms with Crippen LogP contribution < -0.4 is 5.32 Å². The second-order valence-corrected chi connectivity index (χ2v) is 4.91. The molecule has 0 saturated carbocycles. The van der Waals surface area contributed by atoms with E-state index in [4.69, 9.17) is 5.26 Å². The smallest absolute Gasteiger partial charge is 0.123 e. The first-order valence-corrected chi connectivity index (χ1v) is 6.47. The van der Waals surface area contributed by atoms with Crippen molar-refractivity contribution in [1.82, 2.24) is 10.3 Å². The number of aromatic nitrogens is 1. The maximum atomic E-state index is 13.4. The Morgan fingerprint density at radius 3 is 2.80 bits per heavy atom. The summed E-state index contributed by atoms with van der Waals surface area (Å²) in [6, 6.07) is 8.81.